The van der Waals surface area contributed by atoms with E-state index in [9.17, 15) is 8.78 Å². The van der Waals surface area contributed by atoms with Crippen molar-refractivity contribution < 1.29 is 13.9 Å². The Bertz CT molecular complexity index is 323. The van der Waals surface area contributed by atoms with E-state index in [0.29, 0.717) is 18.5 Å². The van der Waals surface area contributed by atoms with Gasteiger partial charge in [-0.15, -0.1) is 0 Å². The Hall–Kier alpha value is -0.650. The van der Waals surface area contributed by atoms with Crippen molar-refractivity contribution in [3.05, 3.63) is 35.4 Å². The van der Waals surface area contributed by atoms with Gasteiger partial charge in [-0.3, -0.25) is 0 Å². The van der Waals surface area contributed by atoms with Gasteiger partial charge >= 0.3 is 0 Å². The van der Waals surface area contributed by atoms with E-state index in [1.54, 1.807) is 11.8 Å². The van der Waals surface area contributed by atoms with Crippen LogP contribution in [0.3, 0.4) is 0 Å². The highest BCUT2D eigenvalue weighted by molar-refractivity contribution is 7.98. The van der Waals surface area contributed by atoms with Crippen molar-refractivity contribution in [1.82, 2.24) is 5.32 Å². The first-order valence-electron chi connectivity index (χ1n) is 5.44. The van der Waals surface area contributed by atoms with Crippen LogP contribution >= 0.6 is 11.8 Å². The summed E-state index contributed by atoms with van der Waals surface area (Å²) in [7, 11) is 0. The molecular formula is C12H17F2NOS. The molecule has 17 heavy (non-hydrogen) atoms. The Balaban J connectivity index is 2.52. The second-order valence-electron chi connectivity index (χ2n) is 3.82. The lowest BCUT2D eigenvalue weighted by Crippen LogP contribution is -2.31. The molecule has 1 aromatic rings. The molecular weight excluding hydrogens is 244 g/mol. The number of thioether (sulfide) groups is 1. The standard InChI is InChI=1S/C12H17F2NOS/c1-17-8-12(2-3-16)15-7-9-4-10(13)6-11(14)5-9/h4-6,12,15-16H,2-3,7-8H2,1H3. The second-order valence-corrected chi connectivity index (χ2v) is 4.73. The molecule has 0 aromatic heterocycles. The van der Waals surface area contributed by atoms with Crippen molar-refractivity contribution in [2.24, 2.45) is 0 Å². The first-order valence-corrected chi connectivity index (χ1v) is 6.83. The molecule has 5 heteroatoms. The highest BCUT2D eigenvalue weighted by Crippen LogP contribution is 2.09. The van der Waals surface area contributed by atoms with Crippen molar-refractivity contribution in [2.75, 3.05) is 18.6 Å². The molecule has 96 valence electrons. The van der Waals surface area contributed by atoms with E-state index in [0.717, 1.165) is 11.8 Å². The van der Waals surface area contributed by atoms with Gasteiger partial charge in [-0.1, -0.05) is 0 Å². The fourth-order valence-electron chi connectivity index (χ4n) is 1.58. The van der Waals surface area contributed by atoms with Crippen LogP contribution in [0.1, 0.15) is 12.0 Å². The zero-order chi connectivity index (χ0) is 12.7. The maximum Gasteiger partial charge on any atom is 0.126 e. The van der Waals surface area contributed by atoms with Gasteiger partial charge in [0.2, 0.25) is 0 Å². The van der Waals surface area contributed by atoms with Gasteiger partial charge in [0.25, 0.3) is 0 Å². The third kappa shape index (κ3) is 5.48. The van der Waals surface area contributed by atoms with Gasteiger partial charge in [0.15, 0.2) is 0 Å². The molecule has 2 N–H and O–H groups in total. The van der Waals surface area contributed by atoms with E-state index in [1.807, 2.05) is 6.26 Å². The molecule has 0 heterocycles. The third-order valence-corrected chi connectivity index (χ3v) is 3.10. The molecule has 0 radical (unpaired) electrons. The Kier molecular flexibility index (Phi) is 6.47. The fraction of sp³-hybridized carbons (Fsp3) is 0.500. The molecule has 1 rings (SSSR count). The summed E-state index contributed by atoms with van der Waals surface area (Å²) in [6, 6.07) is 3.63. The van der Waals surface area contributed by atoms with Gasteiger partial charge in [-0.2, -0.15) is 11.8 Å². The molecule has 0 fully saturated rings. The lowest BCUT2D eigenvalue weighted by atomic mass is 10.2. The van der Waals surface area contributed by atoms with Crippen LogP contribution in [-0.2, 0) is 6.54 Å². The predicted octanol–water partition coefficient (Wildman–Crippen LogP) is 2.17. The van der Waals surface area contributed by atoms with Gasteiger partial charge in [-0.05, 0) is 30.4 Å². The van der Waals surface area contributed by atoms with Gasteiger partial charge in [0.1, 0.15) is 11.6 Å². The molecule has 0 amide bonds. The van der Waals surface area contributed by atoms with E-state index in [4.69, 9.17) is 5.11 Å². The molecule has 0 aliphatic rings. The number of hydrogen-bond donors (Lipinski definition) is 2. The summed E-state index contributed by atoms with van der Waals surface area (Å²) in [5, 5.41) is 12.1. The van der Waals surface area contributed by atoms with Crippen molar-refractivity contribution in [1.29, 1.82) is 0 Å². The van der Waals surface area contributed by atoms with Crippen LogP contribution in [0.25, 0.3) is 0 Å². The molecule has 1 atom stereocenters. The van der Waals surface area contributed by atoms with Gasteiger partial charge < -0.3 is 10.4 Å². The molecule has 1 aromatic carbocycles. The fourth-order valence-corrected chi connectivity index (χ4v) is 2.26. The molecule has 0 saturated heterocycles. The van der Waals surface area contributed by atoms with Crippen LogP contribution in [0.2, 0.25) is 0 Å². The Morgan fingerprint density at radius 3 is 2.47 bits per heavy atom. The van der Waals surface area contributed by atoms with E-state index in [2.05, 4.69) is 5.32 Å². The van der Waals surface area contributed by atoms with Crippen LogP contribution in [-0.4, -0.2) is 29.8 Å². The summed E-state index contributed by atoms with van der Waals surface area (Å²) in [4.78, 5) is 0. The lowest BCUT2D eigenvalue weighted by molar-refractivity contribution is 0.269. The molecule has 0 saturated carbocycles. The number of benzene rings is 1. The quantitative estimate of drug-likeness (QED) is 0.789. The average molecular weight is 261 g/mol. The van der Waals surface area contributed by atoms with Gasteiger partial charge in [-0.25, -0.2) is 8.78 Å². The second kappa shape index (κ2) is 7.63. The first kappa shape index (κ1) is 14.4. The number of aliphatic hydroxyl groups excluding tert-OH is 1. The largest absolute Gasteiger partial charge is 0.396 e. The van der Waals surface area contributed by atoms with Gasteiger partial charge in [0, 0.05) is 31.0 Å². The topological polar surface area (TPSA) is 32.3 Å². The van der Waals surface area contributed by atoms with Crippen LogP contribution in [0.4, 0.5) is 8.78 Å². The normalized spacial score (nSPS) is 12.7. The van der Waals surface area contributed by atoms with Crippen LogP contribution in [0.15, 0.2) is 18.2 Å². The molecule has 0 aliphatic carbocycles. The minimum Gasteiger partial charge on any atom is -0.396 e. The van der Waals surface area contributed by atoms with Crippen molar-refractivity contribution in [3.63, 3.8) is 0 Å². The average Bonchev–Trinajstić information content (AvgIpc) is 2.25. The summed E-state index contributed by atoms with van der Waals surface area (Å²) >= 11 is 1.67. The summed E-state index contributed by atoms with van der Waals surface area (Å²) < 4.78 is 25.9. The number of halogens is 2. The molecule has 1 unspecified atom stereocenters. The number of nitrogens with one attached hydrogen (secondary N) is 1. The Morgan fingerprint density at radius 2 is 1.94 bits per heavy atom. The minimum absolute atomic E-state index is 0.107. The number of aliphatic hydroxyl groups is 1. The molecule has 2 nitrogen and oxygen atoms in total. The van der Waals surface area contributed by atoms with Crippen molar-refractivity contribution >= 4 is 11.8 Å². The molecule has 0 aliphatic heterocycles. The Labute approximate surface area is 104 Å². The smallest absolute Gasteiger partial charge is 0.126 e. The van der Waals surface area contributed by atoms with Crippen LogP contribution < -0.4 is 5.32 Å². The Morgan fingerprint density at radius 1 is 1.29 bits per heavy atom. The first-order chi connectivity index (χ1) is 8.15. The van der Waals surface area contributed by atoms with E-state index in [-0.39, 0.29) is 12.6 Å². The van der Waals surface area contributed by atoms with E-state index < -0.39 is 11.6 Å². The zero-order valence-corrected chi connectivity index (χ0v) is 10.6. The lowest BCUT2D eigenvalue weighted by Gasteiger charge is -2.16. The van der Waals surface area contributed by atoms with E-state index in [1.165, 1.54) is 12.1 Å². The minimum atomic E-state index is -0.564. The zero-order valence-electron chi connectivity index (χ0n) is 9.75. The molecule has 0 spiro atoms. The summed E-state index contributed by atoms with van der Waals surface area (Å²) in [5.74, 6) is -0.269. The SMILES string of the molecule is CSCC(CCO)NCc1cc(F)cc(F)c1. The highest BCUT2D eigenvalue weighted by Gasteiger charge is 2.07. The van der Waals surface area contributed by atoms with E-state index >= 15 is 0 Å². The van der Waals surface area contributed by atoms with Crippen LogP contribution in [0, 0.1) is 11.6 Å². The number of rotatable bonds is 7. The highest BCUT2D eigenvalue weighted by atomic mass is 32.2. The molecule has 0 bridgehead atoms. The predicted molar refractivity (Wildman–Crippen MR) is 67.1 cm³/mol. The van der Waals surface area contributed by atoms with Crippen LogP contribution in [0.5, 0.6) is 0 Å². The van der Waals surface area contributed by atoms with Crippen molar-refractivity contribution in [3.8, 4) is 0 Å². The number of hydrogen-bond acceptors (Lipinski definition) is 3. The maximum atomic E-state index is 12.9. The summed E-state index contributed by atoms with van der Waals surface area (Å²) in [6.45, 7) is 0.510. The summed E-state index contributed by atoms with van der Waals surface area (Å²) in [5.41, 5.74) is 0.576. The van der Waals surface area contributed by atoms with Gasteiger partial charge in [0.05, 0.1) is 0 Å². The third-order valence-electron chi connectivity index (χ3n) is 2.36. The monoisotopic (exact) mass is 261 g/mol. The van der Waals surface area contributed by atoms with Crippen molar-refractivity contribution in [2.45, 2.75) is 19.0 Å². The maximum absolute atomic E-state index is 12.9. The summed E-state index contributed by atoms with van der Waals surface area (Å²) in [6.07, 6.45) is 2.62.